The minimum Gasteiger partial charge on any atom is -0.317 e. The Morgan fingerprint density at radius 2 is 1.76 bits per heavy atom. The molecule has 0 aromatic rings. The van der Waals surface area contributed by atoms with Crippen molar-refractivity contribution in [3.8, 4) is 0 Å². The highest BCUT2D eigenvalue weighted by atomic mass is 19.4. The van der Waals surface area contributed by atoms with Crippen molar-refractivity contribution >= 4 is 0 Å². The Morgan fingerprint density at radius 3 is 2.12 bits per heavy atom. The minimum atomic E-state index is -4.10. The Morgan fingerprint density at radius 1 is 1.24 bits per heavy atom. The molecular formula is C12H23F3N2. The number of nitrogens with zero attached hydrogens (tertiary/aromatic N) is 1. The highest BCUT2D eigenvalue weighted by molar-refractivity contribution is 4.91. The van der Waals surface area contributed by atoms with Crippen LogP contribution in [0, 0.1) is 5.41 Å². The molecule has 102 valence electrons. The van der Waals surface area contributed by atoms with Gasteiger partial charge in [0.05, 0.1) is 6.54 Å². The quantitative estimate of drug-likeness (QED) is 0.782. The van der Waals surface area contributed by atoms with Crippen LogP contribution in [0.15, 0.2) is 0 Å². The molecule has 0 heterocycles. The van der Waals surface area contributed by atoms with Gasteiger partial charge < -0.3 is 5.32 Å². The normalized spacial score (nSPS) is 19.8. The monoisotopic (exact) mass is 252 g/mol. The largest absolute Gasteiger partial charge is 0.401 e. The smallest absolute Gasteiger partial charge is 0.317 e. The van der Waals surface area contributed by atoms with Crippen molar-refractivity contribution in [3.05, 3.63) is 0 Å². The third-order valence-corrected chi connectivity index (χ3v) is 3.66. The van der Waals surface area contributed by atoms with E-state index in [1.54, 1.807) is 4.90 Å². The Bertz CT molecular complexity index is 247. The van der Waals surface area contributed by atoms with Crippen LogP contribution < -0.4 is 5.32 Å². The molecule has 0 aromatic carbocycles. The predicted molar refractivity (Wildman–Crippen MR) is 63.0 cm³/mol. The number of alkyl halides is 3. The van der Waals surface area contributed by atoms with Crippen molar-refractivity contribution in [2.24, 2.45) is 5.41 Å². The van der Waals surface area contributed by atoms with Gasteiger partial charge in [-0.15, -0.1) is 0 Å². The summed E-state index contributed by atoms with van der Waals surface area (Å²) in [5.41, 5.74) is -0.164. The van der Waals surface area contributed by atoms with Gasteiger partial charge in [0.15, 0.2) is 0 Å². The Labute approximate surface area is 102 Å². The summed E-state index contributed by atoms with van der Waals surface area (Å²) < 4.78 is 37.5. The number of hydrogen-bond acceptors (Lipinski definition) is 2. The van der Waals surface area contributed by atoms with Crippen molar-refractivity contribution in [1.29, 1.82) is 0 Å². The van der Waals surface area contributed by atoms with Gasteiger partial charge in [0.25, 0.3) is 0 Å². The number of hydrogen-bond donors (Lipinski definition) is 1. The van der Waals surface area contributed by atoms with Crippen molar-refractivity contribution in [1.82, 2.24) is 10.2 Å². The van der Waals surface area contributed by atoms with Gasteiger partial charge in [-0.25, -0.2) is 0 Å². The van der Waals surface area contributed by atoms with Crippen molar-refractivity contribution < 1.29 is 13.2 Å². The maximum atomic E-state index is 12.5. The molecule has 1 fully saturated rings. The maximum absolute atomic E-state index is 12.5. The van der Waals surface area contributed by atoms with E-state index in [4.69, 9.17) is 0 Å². The van der Waals surface area contributed by atoms with Gasteiger partial charge >= 0.3 is 6.18 Å². The van der Waals surface area contributed by atoms with Crippen LogP contribution in [0.3, 0.4) is 0 Å². The van der Waals surface area contributed by atoms with Crippen LogP contribution in [0.5, 0.6) is 0 Å². The van der Waals surface area contributed by atoms with Crippen LogP contribution in [0.25, 0.3) is 0 Å². The molecule has 1 unspecified atom stereocenters. The molecular weight excluding hydrogens is 229 g/mol. The van der Waals surface area contributed by atoms with Crippen LogP contribution in [-0.2, 0) is 0 Å². The second-order valence-electron chi connectivity index (χ2n) is 5.75. The first-order valence-corrected chi connectivity index (χ1v) is 6.14. The van der Waals surface area contributed by atoms with E-state index >= 15 is 0 Å². The summed E-state index contributed by atoms with van der Waals surface area (Å²) in [6, 6.07) is 0.330. The molecule has 0 amide bonds. The highest BCUT2D eigenvalue weighted by Crippen LogP contribution is 2.33. The fraction of sp³-hybridized carbons (Fsp3) is 1.00. The molecule has 2 nitrogen and oxygen atoms in total. The van der Waals surface area contributed by atoms with E-state index in [-0.39, 0.29) is 17.5 Å². The van der Waals surface area contributed by atoms with E-state index < -0.39 is 12.7 Å². The van der Waals surface area contributed by atoms with Crippen LogP contribution in [0.1, 0.15) is 33.6 Å². The molecule has 1 rings (SSSR count). The Hall–Kier alpha value is -0.290. The number of halogens is 3. The average Bonchev–Trinajstić information content (AvgIpc) is 2.95. The molecule has 1 atom stereocenters. The summed E-state index contributed by atoms with van der Waals surface area (Å²) in [6.45, 7) is 5.75. The van der Waals surface area contributed by atoms with Gasteiger partial charge in [0, 0.05) is 18.6 Å². The summed E-state index contributed by atoms with van der Waals surface area (Å²) in [6.07, 6.45) is -2.29. The summed E-state index contributed by atoms with van der Waals surface area (Å²) >= 11 is 0. The van der Waals surface area contributed by atoms with Crippen LogP contribution in [0.2, 0.25) is 0 Å². The fourth-order valence-electron chi connectivity index (χ4n) is 2.04. The molecule has 0 bridgehead atoms. The lowest BCUT2D eigenvalue weighted by Gasteiger charge is -2.37. The fourth-order valence-corrected chi connectivity index (χ4v) is 2.04. The summed E-state index contributed by atoms with van der Waals surface area (Å²) in [7, 11) is 1.84. The number of nitrogens with one attached hydrogen (secondary N) is 1. The van der Waals surface area contributed by atoms with Gasteiger partial charge in [-0.3, -0.25) is 4.90 Å². The van der Waals surface area contributed by atoms with Crippen molar-refractivity contribution in [2.45, 2.75) is 51.9 Å². The lowest BCUT2D eigenvalue weighted by atomic mass is 9.84. The van der Waals surface area contributed by atoms with E-state index in [1.807, 2.05) is 27.8 Å². The Kier molecular flexibility index (Phi) is 4.47. The molecule has 17 heavy (non-hydrogen) atoms. The molecule has 1 aliphatic rings. The van der Waals surface area contributed by atoms with Gasteiger partial charge in [0.1, 0.15) is 0 Å². The molecule has 0 saturated heterocycles. The molecule has 0 aromatic heterocycles. The molecule has 1 saturated carbocycles. The Balaban J connectivity index is 2.60. The third kappa shape index (κ3) is 4.84. The molecule has 0 spiro atoms. The maximum Gasteiger partial charge on any atom is 0.401 e. The first-order chi connectivity index (χ1) is 7.65. The first kappa shape index (κ1) is 14.8. The summed E-state index contributed by atoms with van der Waals surface area (Å²) in [5.74, 6) is 0. The van der Waals surface area contributed by atoms with E-state index in [0.29, 0.717) is 6.54 Å². The summed E-state index contributed by atoms with van der Waals surface area (Å²) in [4.78, 5) is 1.59. The summed E-state index contributed by atoms with van der Waals surface area (Å²) in [5, 5.41) is 3.12. The van der Waals surface area contributed by atoms with Gasteiger partial charge in [0.2, 0.25) is 0 Å². The molecule has 1 aliphatic carbocycles. The van der Waals surface area contributed by atoms with Crippen LogP contribution in [-0.4, -0.2) is 43.3 Å². The molecule has 0 aliphatic heterocycles. The minimum absolute atomic E-state index is 0.139. The molecule has 0 radical (unpaired) electrons. The van der Waals surface area contributed by atoms with E-state index in [2.05, 4.69) is 5.32 Å². The molecule has 1 N–H and O–H groups in total. The second-order valence-corrected chi connectivity index (χ2v) is 5.75. The number of rotatable bonds is 6. The van der Waals surface area contributed by atoms with Crippen molar-refractivity contribution in [2.75, 3.05) is 20.1 Å². The van der Waals surface area contributed by atoms with Crippen LogP contribution in [0.4, 0.5) is 13.2 Å². The zero-order valence-electron chi connectivity index (χ0n) is 11.1. The molecule has 5 heteroatoms. The van der Waals surface area contributed by atoms with E-state index in [0.717, 1.165) is 12.8 Å². The standard InChI is InChI=1S/C12H23F3N2/c1-9(16-4)11(2,3)7-17(10-5-6-10)8-12(13,14)15/h9-10,16H,5-8H2,1-4H3. The van der Waals surface area contributed by atoms with Crippen molar-refractivity contribution in [3.63, 3.8) is 0 Å². The van der Waals surface area contributed by atoms with Crippen LogP contribution >= 0.6 is 0 Å². The van der Waals surface area contributed by atoms with Gasteiger partial charge in [-0.1, -0.05) is 13.8 Å². The predicted octanol–water partition coefficient (Wildman–Crippen LogP) is 2.65. The lowest BCUT2D eigenvalue weighted by Crippen LogP contribution is -2.48. The van der Waals surface area contributed by atoms with E-state index in [9.17, 15) is 13.2 Å². The topological polar surface area (TPSA) is 15.3 Å². The SMILES string of the molecule is CNC(C)C(C)(C)CN(CC(F)(F)F)C1CC1. The second kappa shape index (κ2) is 5.14. The zero-order chi connectivity index (χ0) is 13.3. The van der Waals surface area contributed by atoms with Gasteiger partial charge in [-0.05, 0) is 32.2 Å². The first-order valence-electron chi connectivity index (χ1n) is 6.14. The average molecular weight is 252 g/mol. The lowest BCUT2D eigenvalue weighted by molar-refractivity contribution is -0.150. The van der Waals surface area contributed by atoms with E-state index in [1.165, 1.54) is 0 Å². The van der Waals surface area contributed by atoms with Gasteiger partial charge in [-0.2, -0.15) is 13.2 Å². The highest BCUT2D eigenvalue weighted by Gasteiger charge is 2.41. The zero-order valence-corrected chi connectivity index (χ0v) is 11.1. The third-order valence-electron chi connectivity index (χ3n) is 3.66.